The smallest absolute Gasteiger partial charge is 0.339 e. The Bertz CT molecular complexity index is 591. The van der Waals surface area contributed by atoms with E-state index in [1.54, 1.807) is 11.7 Å². The van der Waals surface area contributed by atoms with E-state index in [9.17, 15) is 4.79 Å². The number of hydrogen-bond acceptors (Lipinski definition) is 5. The van der Waals surface area contributed by atoms with Crippen LogP contribution in [0.4, 0.5) is 5.69 Å². The van der Waals surface area contributed by atoms with E-state index in [0.29, 0.717) is 16.7 Å². The third-order valence-electron chi connectivity index (χ3n) is 2.48. The molecule has 0 spiro atoms. The topological polar surface area (TPSA) is 103 Å². The normalized spacial score (nSPS) is 10.9. The number of aromatic carboxylic acids is 1. The average Bonchev–Trinajstić information content (AvgIpc) is 2.57. The highest BCUT2D eigenvalue weighted by Gasteiger charge is 2.18. The number of rotatable bonds is 3. The molecule has 7 heteroatoms. The monoisotopic (exact) mass is 236 g/mol. The number of carbonyl (C=O) groups is 1. The van der Waals surface area contributed by atoms with Crippen molar-refractivity contribution < 1.29 is 14.6 Å². The van der Waals surface area contributed by atoms with Crippen LogP contribution in [0.15, 0.2) is 6.20 Å². The van der Waals surface area contributed by atoms with E-state index >= 15 is 0 Å². The largest absolute Gasteiger partial charge is 0.478 e. The summed E-state index contributed by atoms with van der Waals surface area (Å²) in [6.45, 7) is 0.256. The van der Waals surface area contributed by atoms with Crippen LogP contribution >= 0.6 is 0 Å². The van der Waals surface area contributed by atoms with Gasteiger partial charge in [0.25, 0.3) is 0 Å². The lowest BCUT2D eigenvalue weighted by molar-refractivity contribution is 0.0698. The molecule has 0 saturated carbocycles. The summed E-state index contributed by atoms with van der Waals surface area (Å²) in [5, 5.41) is 13.7. The van der Waals surface area contributed by atoms with Crippen molar-refractivity contribution in [1.29, 1.82) is 0 Å². The van der Waals surface area contributed by atoms with E-state index in [1.165, 1.54) is 13.3 Å². The Morgan fingerprint density at radius 2 is 2.35 bits per heavy atom. The van der Waals surface area contributed by atoms with Crippen LogP contribution < -0.4 is 5.73 Å². The second kappa shape index (κ2) is 4.02. The predicted molar refractivity (Wildman–Crippen MR) is 60.6 cm³/mol. The van der Waals surface area contributed by atoms with E-state index in [-0.39, 0.29) is 17.9 Å². The minimum Gasteiger partial charge on any atom is -0.478 e. The molecule has 0 aliphatic heterocycles. The molecule has 0 saturated heterocycles. The number of hydrogen-bond donors (Lipinski definition) is 2. The van der Waals surface area contributed by atoms with Crippen LogP contribution in [0.2, 0.25) is 0 Å². The summed E-state index contributed by atoms with van der Waals surface area (Å²) in [6.07, 6.45) is 1.23. The first-order valence-electron chi connectivity index (χ1n) is 4.88. The van der Waals surface area contributed by atoms with Crippen molar-refractivity contribution in [3.8, 4) is 0 Å². The van der Waals surface area contributed by atoms with E-state index < -0.39 is 5.97 Å². The van der Waals surface area contributed by atoms with Crippen LogP contribution in [-0.2, 0) is 18.4 Å². The Kier molecular flexibility index (Phi) is 2.68. The molecule has 0 amide bonds. The highest BCUT2D eigenvalue weighted by Crippen LogP contribution is 2.26. The van der Waals surface area contributed by atoms with Gasteiger partial charge in [0.2, 0.25) is 0 Å². The molecular weight excluding hydrogens is 224 g/mol. The Hall–Kier alpha value is -2.15. The molecule has 0 aromatic carbocycles. The molecule has 0 aliphatic rings. The first-order chi connectivity index (χ1) is 8.06. The lowest BCUT2D eigenvalue weighted by Crippen LogP contribution is -2.04. The summed E-state index contributed by atoms with van der Waals surface area (Å²) in [4.78, 5) is 15.0. The Labute approximate surface area is 96.8 Å². The van der Waals surface area contributed by atoms with Gasteiger partial charge in [0.05, 0.1) is 23.4 Å². The van der Waals surface area contributed by atoms with Crippen LogP contribution in [0.1, 0.15) is 16.1 Å². The van der Waals surface area contributed by atoms with Crippen molar-refractivity contribution in [2.45, 2.75) is 6.61 Å². The van der Waals surface area contributed by atoms with Gasteiger partial charge in [-0.15, -0.1) is 0 Å². The quantitative estimate of drug-likeness (QED) is 0.799. The second-order valence-electron chi connectivity index (χ2n) is 3.59. The third-order valence-corrected chi connectivity index (χ3v) is 2.48. The van der Waals surface area contributed by atoms with Gasteiger partial charge < -0.3 is 15.6 Å². The highest BCUT2D eigenvalue weighted by atomic mass is 16.5. The predicted octanol–water partition coefficient (Wildman–Crippen LogP) is 0.395. The number of methoxy groups -OCH3 is 1. The molecule has 2 aromatic heterocycles. The van der Waals surface area contributed by atoms with Gasteiger partial charge in [0, 0.05) is 20.4 Å². The number of carboxylic acids is 1. The molecule has 17 heavy (non-hydrogen) atoms. The fourth-order valence-corrected chi connectivity index (χ4v) is 1.73. The van der Waals surface area contributed by atoms with Gasteiger partial charge in [-0.05, 0) is 0 Å². The molecule has 7 nitrogen and oxygen atoms in total. The molecule has 0 fully saturated rings. The average molecular weight is 236 g/mol. The number of carboxylic acid groups (broad SMARTS) is 1. The number of fused-ring (bicyclic) bond motifs is 1. The van der Waals surface area contributed by atoms with Gasteiger partial charge in [-0.3, -0.25) is 4.68 Å². The first-order valence-corrected chi connectivity index (χ1v) is 4.88. The van der Waals surface area contributed by atoms with Crippen LogP contribution in [0.3, 0.4) is 0 Å². The van der Waals surface area contributed by atoms with E-state index in [4.69, 9.17) is 15.6 Å². The van der Waals surface area contributed by atoms with Gasteiger partial charge in [-0.2, -0.15) is 5.10 Å². The number of nitrogen functional groups attached to an aromatic ring is 1. The highest BCUT2D eigenvalue weighted by molar-refractivity contribution is 6.03. The maximum atomic E-state index is 11.0. The zero-order valence-electron chi connectivity index (χ0n) is 9.47. The van der Waals surface area contributed by atoms with E-state index in [2.05, 4.69) is 10.1 Å². The fourth-order valence-electron chi connectivity index (χ4n) is 1.73. The molecule has 3 N–H and O–H groups in total. The molecule has 2 aromatic rings. The molecule has 0 bridgehead atoms. The number of ether oxygens (including phenoxy) is 1. The number of pyridine rings is 1. The lowest BCUT2D eigenvalue weighted by Gasteiger charge is -2.02. The third kappa shape index (κ3) is 1.70. The first kappa shape index (κ1) is 11.3. The summed E-state index contributed by atoms with van der Waals surface area (Å²) in [5.74, 6) is -1.11. The fraction of sp³-hybridized carbons (Fsp3) is 0.300. The van der Waals surface area contributed by atoms with Crippen LogP contribution in [0.25, 0.3) is 11.0 Å². The van der Waals surface area contributed by atoms with Crippen molar-refractivity contribution in [3.63, 3.8) is 0 Å². The van der Waals surface area contributed by atoms with E-state index in [1.807, 2.05) is 0 Å². The number of aryl methyl sites for hydroxylation is 1. The van der Waals surface area contributed by atoms with Gasteiger partial charge in [-0.1, -0.05) is 0 Å². The number of aromatic nitrogens is 3. The SMILES string of the molecule is COCc1nn(C)c2ncc(C(=O)O)c(N)c12. The minimum atomic E-state index is -1.11. The molecule has 0 unspecified atom stereocenters. The summed E-state index contributed by atoms with van der Waals surface area (Å²) < 4.78 is 6.55. The Morgan fingerprint density at radius 3 is 2.94 bits per heavy atom. The van der Waals surface area contributed by atoms with Crippen LogP contribution in [0, 0.1) is 0 Å². The van der Waals surface area contributed by atoms with E-state index in [0.717, 1.165) is 0 Å². The number of nitrogens with two attached hydrogens (primary N) is 1. The molecule has 90 valence electrons. The number of anilines is 1. The van der Waals surface area contributed by atoms with Crippen molar-refractivity contribution in [2.24, 2.45) is 7.05 Å². The molecule has 2 rings (SSSR count). The summed E-state index contributed by atoms with van der Waals surface area (Å²) in [5.41, 5.74) is 7.10. The Morgan fingerprint density at radius 1 is 1.65 bits per heavy atom. The minimum absolute atomic E-state index is 0.0251. The molecule has 0 atom stereocenters. The van der Waals surface area contributed by atoms with Crippen LogP contribution in [-0.4, -0.2) is 33.0 Å². The van der Waals surface area contributed by atoms with Gasteiger partial charge in [-0.25, -0.2) is 9.78 Å². The molecule has 0 radical (unpaired) electrons. The molecular formula is C10H12N4O3. The van der Waals surface area contributed by atoms with Gasteiger partial charge >= 0.3 is 5.97 Å². The van der Waals surface area contributed by atoms with Crippen molar-refractivity contribution in [3.05, 3.63) is 17.5 Å². The van der Waals surface area contributed by atoms with Crippen molar-refractivity contribution in [2.75, 3.05) is 12.8 Å². The Balaban J connectivity index is 2.77. The summed E-state index contributed by atoms with van der Waals surface area (Å²) in [7, 11) is 3.25. The summed E-state index contributed by atoms with van der Waals surface area (Å²) >= 11 is 0. The van der Waals surface area contributed by atoms with Crippen molar-refractivity contribution in [1.82, 2.24) is 14.8 Å². The molecule has 0 aliphatic carbocycles. The standard InChI is InChI=1S/C10H12N4O3/c1-14-9-7(6(13-14)4-17-2)8(11)5(3-12-9)10(15)16/h3H,4H2,1-2H3,(H2,11,12)(H,15,16). The van der Waals surface area contributed by atoms with Crippen molar-refractivity contribution >= 4 is 22.7 Å². The molecule has 2 heterocycles. The summed E-state index contributed by atoms with van der Waals surface area (Å²) in [6, 6.07) is 0. The lowest BCUT2D eigenvalue weighted by atomic mass is 10.1. The maximum absolute atomic E-state index is 11.0. The van der Waals surface area contributed by atoms with Gasteiger partial charge in [0.15, 0.2) is 5.65 Å². The number of nitrogens with zero attached hydrogens (tertiary/aromatic N) is 3. The zero-order chi connectivity index (χ0) is 12.6. The zero-order valence-corrected chi connectivity index (χ0v) is 9.47. The van der Waals surface area contributed by atoms with Crippen LogP contribution in [0.5, 0.6) is 0 Å². The van der Waals surface area contributed by atoms with Gasteiger partial charge in [0.1, 0.15) is 5.56 Å². The second-order valence-corrected chi connectivity index (χ2v) is 3.59. The maximum Gasteiger partial charge on any atom is 0.339 e.